The minimum Gasteiger partial charge on any atom is -0.383 e. The molecule has 2 aromatic carbocycles. The smallest absolute Gasteiger partial charge is 0.306 e. The lowest BCUT2D eigenvalue weighted by atomic mass is 10.1. The SMILES string of the molecule is CC[C@@H](C)N(Cc1cccc(OS(C)(=O)=O)c1)C(=O)c1ccccc1C. The Balaban J connectivity index is 2.30. The maximum atomic E-state index is 13.1. The molecule has 0 aliphatic carbocycles. The third-order valence-electron chi connectivity index (χ3n) is 4.26. The largest absolute Gasteiger partial charge is 0.383 e. The standard InChI is InChI=1S/C20H25NO4S/c1-5-16(3)21(20(22)19-12-7-6-9-15(19)2)14-17-10-8-11-18(13-17)25-26(4,23)24/h6-13,16H,5,14H2,1-4H3/t16-/m1/s1. The van der Waals surface area contributed by atoms with Gasteiger partial charge in [0.15, 0.2) is 0 Å². The average Bonchev–Trinajstić information content (AvgIpc) is 2.58. The molecule has 0 saturated carbocycles. The van der Waals surface area contributed by atoms with Crippen molar-refractivity contribution in [1.82, 2.24) is 4.90 Å². The van der Waals surface area contributed by atoms with Crippen LogP contribution in [0.2, 0.25) is 0 Å². The van der Waals surface area contributed by atoms with Gasteiger partial charge >= 0.3 is 10.1 Å². The molecular weight excluding hydrogens is 350 g/mol. The molecule has 0 heterocycles. The summed E-state index contributed by atoms with van der Waals surface area (Å²) in [6.45, 7) is 6.34. The van der Waals surface area contributed by atoms with Gasteiger partial charge in [0.05, 0.1) is 6.26 Å². The van der Waals surface area contributed by atoms with Crippen molar-refractivity contribution in [1.29, 1.82) is 0 Å². The highest BCUT2D eigenvalue weighted by molar-refractivity contribution is 7.86. The lowest BCUT2D eigenvalue weighted by Crippen LogP contribution is -2.38. The molecule has 2 aromatic rings. The number of hydrogen-bond acceptors (Lipinski definition) is 4. The van der Waals surface area contributed by atoms with Crippen LogP contribution in [0.5, 0.6) is 5.75 Å². The third kappa shape index (κ3) is 5.33. The Morgan fingerprint density at radius 2 is 1.85 bits per heavy atom. The van der Waals surface area contributed by atoms with Crippen LogP contribution in [0.15, 0.2) is 48.5 Å². The Morgan fingerprint density at radius 3 is 2.46 bits per heavy atom. The minimum atomic E-state index is -3.59. The predicted molar refractivity (Wildman–Crippen MR) is 103 cm³/mol. The molecule has 0 N–H and O–H groups in total. The first-order valence-electron chi connectivity index (χ1n) is 8.56. The molecule has 0 radical (unpaired) electrons. The number of carbonyl (C=O) groups is 1. The lowest BCUT2D eigenvalue weighted by molar-refractivity contribution is 0.0670. The number of benzene rings is 2. The van der Waals surface area contributed by atoms with Crippen molar-refractivity contribution in [2.75, 3.05) is 6.26 Å². The van der Waals surface area contributed by atoms with E-state index in [1.165, 1.54) is 0 Å². The van der Waals surface area contributed by atoms with E-state index in [2.05, 4.69) is 0 Å². The maximum absolute atomic E-state index is 13.1. The molecule has 6 heteroatoms. The third-order valence-corrected chi connectivity index (χ3v) is 4.75. The summed E-state index contributed by atoms with van der Waals surface area (Å²) >= 11 is 0. The van der Waals surface area contributed by atoms with Crippen LogP contribution in [0.3, 0.4) is 0 Å². The van der Waals surface area contributed by atoms with Crippen LogP contribution in [0, 0.1) is 6.92 Å². The Kier molecular flexibility index (Phi) is 6.42. The molecule has 0 aliphatic heterocycles. The highest BCUT2D eigenvalue weighted by Gasteiger charge is 2.22. The molecule has 0 fully saturated rings. The van der Waals surface area contributed by atoms with Crippen LogP contribution in [-0.2, 0) is 16.7 Å². The van der Waals surface area contributed by atoms with Gasteiger partial charge in [-0.05, 0) is 49.6 Å². The molecule has 5 nitrogen and oxygen atoms in total. The molecule has 0 spiro atoms. The first-order valence-corrected chi connectivity index (χ1v) is 10.4. The van der Waals surface area contributed by atoms with E-state index < -0.39 is 10.1 Å². The second-order valence-corrected chi connectivity index (χ2v) is 8.02. The molecule has 26 heavy (non-hydrogen) atoms. The molecule has 140 valence electrons. The van der Waals surface area contributed by atoms with E-state index in [9.17, 15) is 13.2 Å². The fourth-order valence-corrected chi connectivity index (χ4v) is 3.14. The number of carbonyl (C=O) groups excluding carboxylic acids is 1. The Bertz CT molecular complexity index is 877. The molecule has 0 aromatic heterocycles. The van der Waals surface area contributed by atoms with Crippen molar-refractivity contribution < 1.29 is 17.4 Å². The van der Waals surface area contributed by atoms with Crippen molar-refractivity contribution in [3.05, 3.63) is 65.2 Å². The van der Waals surface area contributed by atoms with Crippen LogP contribution in [-0.4, -0.2) is 31.5 Å². The van der Waals surface area contributed by atoms with Gasteiger partial charge in [0.1, 0.15) is 5.75 Å². The van der Waals surface area contributed by atoms with E-state index >= 15 is 0 Å². The highest BCUT2D eigenvalue weighted by atomic mass is 32.2. The second-order valence-electron chi connectivity index (χ2n) is 6.44. The first kappa shape index (κ1) is 20.0. The Morgan fingerprint density at radius 1 is 1.15 bits per heavy atom. The molecule has 0 bridgehead atoms. The topological polar surface area (TPSA) is 63.7 Å². The van der Waals surface area contributed by atoms with Crippen LogP contribution in [0.1, 0.15) is 41.8 Å². The molecule has 2 rings (SSSR count). The van der Waals surface area contributed by atoms with Gasteiger partial charge in [-0.2, -0.15) is 8.42 Å². The van der Waals surface area contributed by atoms with E-state index in [1.807, 2.05) is 56.0 Å². The minimum absolute atomic E-state index is 0.0353. The van der Waals surface area contributed by atoms with Crippen molar-refractivity contribution in [3.8, 4) is 5.75 Å². The van der Waals surface area contributed by atoms with E-state index in [4.69, 9.17) is 4.18 Å². The van der Waals surface area contributed by atoms with Crippen molar-refractivity contribution >= 4 is 16.0 Å². The zero-order chi connectivity index (χ0) is 19.3. The van der Waals surface area contributed by atoms with Gasteiger partial charge in [-0.25, -0.2) is 0 Å². The highest BCUT2D eigenvalue weighted by Crippen LogP contribution is 2.21. The van der Waals surface area contributed by atoms with Crippen LogP contribution in [0.25, 0.3) is 0 Å². The monoisotopic (exact) mass is 375 g/mol. The van der Waals surface area contributed by atoms with E-state index in [1.54, 1.807) is 18.2 Å². The summed E-state index contributed by atoms with van der Waals surface area (Å²) in [5, 5.41) is 0. The summed E-state index contributed by atoms with van der Waals surface area (Å²) in [5.41, 5.74) is 2.42. The molecule has 0 saturated heterocycles. The molecule has 0 aliphatic rings. The van der Waals surface area contributed by atoms with Crippen LogP contribution < -0.4 is 4.18 Å². The van der Waals surface area contributed by atoms with Gasteiger partial charge in [-0.1, -0.05) is 37.3 Å². The first-order chi connectivity index (χ1) is 12.2. The number of rotatable bonds is 7. The molecular formula is C20H25NO4S. The number of nitrogens with zero attached hydrogens (tertiary/aromatic N) is 1. The lowest BCUT2D eigenvalue weighted by Gasteiger charge is -2.29. The quantitative estimate of drug-likeness (QED) is 0.691. The number of amides is 1. The number of aryl methyl sites for hydroxylation is 1. The second kappa shape index (κ2) is 8.36. The average molecular weight is 375 g/mol. The predicted octanol–water partition coefficient (Wildman–Crippen LogP) is 3.77. The van der Waals surface area contributed by atoms with Crippen LogP contribution >= 0.6 is 0 Å². The van der Waals surface area contributed by atoms with Gasteiger partial charge in [-0.3, -0.25) is 4.79 Å². The van der Waals surface area contributed by atoms with Crippen molar-refractivity contribution in [2.45, 2.75) is 39.8 Å². The van der Waals surface area contributed by atoms with Crippen molar-refractivity contribution in [2.24, 2.45) is 0 Å². The molecule has 1 atom stereocenters. The van der Waals surface area contributed by atoms with Crippen LogP contribution in [0.4, 0.5) is 0 Å². The molecule has 0 unspecified atom stereocenters. The zero-order valence-electron chi connectivity index (χ0n) is 15.6. The van der Waals surface area contributed by atoms with Gasteiger partial charge in [0.25, 0.3) is 5.91 Å². The number of hydrogen-bond donors (Lipinski definition) is 0. The summed E-state index contributed by atoms with van der Waals surface area (Å²) < 4.78 is 27.6. The van der Waals surface area contributed by atoms with Gasteiger partial charge < -0.3 is 9.08 Å². The fraction of sp³-hybridized carbons (Fsp3) is 0.350. The van der Waals surface area contributed by atoms with Gasteiger partial charge in [-0.15, -0.1) is 0 Å². The summed E-state index contributed by atoms with van der Waals surface area (Å²) in [7, 11) is -3.59. The summed E-state index contributed by atoms with van der Waals surface area (Å²) in [6.07, 6.45) is 1.82. The molecule has 1 amide bonds. The Hall–Kier alpha value is -2.34. The summed E-state index contributed by atoms with van der Waals surface area (Å²) in [4.78, 5) is 14.9. The van der Waals surface area contributed by atoms with E-state index in [0.29, 0.717) is 12.1 Å². The van der Waals surface area contributed by atoms with Gasteiger partial charge in [0, 0.05) is 18.2 Å². The van der Waals surface area contributed by atoms with E-state index in [0.717, 1.165) is 23.8 Å². The summed E-state index contributed by atoms with van der Waals surface area (Å²) in [6, 6.07) is 14.4. The normalized spacial score (nSPS) is 12.5. The fourth-order valence-electron chi connectivity index (χ4n) is 2.68. The maximum Gasteiger partial charge on any atom is 0.306 e. The van der Waals surface area contributed by atoms with Gasteiger partial charge in [0.2, 0.25) is 0 Å². The summed E-state index contributed by atoms with van der Waals surface area (Å²) in [5.74, 6) is 0.212. The van der Waals surface area contributed by atoms with Crippen molar-refractivity contribution in [3.63, 3.8) is 0 Å². The van der Waals surface area contributed by atoms with E-state index in [-0.39, 0.29) is 17.7 Å². The Labute approximate surface area is 155 Å². The zero-order valence-corrected chi connectivity index (χ0v) is 16.4.